The number of nitrogens with one attached hydrogen (secondary N) is 1. The Balaban J connectivity index is 1.75. The molecule has 0 spiro atoms. The summed E-state index contributed by atoms with van der Waals surface area (Å²) >= 11 is 0. The molecule has 1 fully saturated rings. The molecule has 1 saturated heterocycles. The molecule has 0 unspecified atom stereocenters. The van der Waals surface area contributed by atoms with Crippen LogP contribution in [0, 0.1) is 0 Å². The molecular weight excluding hydrogens is 364 g/mol. The van der Waals surface area contributed by atoms with Crippen LogP contribution < -0.4 is 5.56 Å². The van der Waals surface area contributed by atoms with Crippen molar-refractivity contribution in [3.8, 4) is 0 Å². The molecule has 2 N–H and O–H groups in total. The Hall–Kier alpha value is -2.44. The number of aliphatic hydroxyl groups is 1. The van der Waals surface area contributed by atoms with Crippen molar-refractivity contribution >= 4 is 27.9 Å². The Labute approximate surface area is 170 Å². The van der Waals surface area contributed by atoms with Crippen molar-refractivity contribution in [1.82, 2.24) is 19.7 Å². The van der Waals surface area contributed by atoms with E-state index in [0.29, 0.717) is 41.6 Å². The lowest BCUT2D eigenvalue weighted by Gasteiger charge is -2.24. The summed E-state index contributed by atoms with van der Waals surface area (Å²) in [4.78, 5) is 15.5. The lowest BCUT2D eigenvalue weighted by atomic mass is 10.1. The van der Waals surface area contributed by atoms with Gasteiger partial charge in [-0.25, -0.2) is 0 Å². The number of aromatic nitrogens is 3. The summed E-state index contributed by atoms with van der Waals surface area (Å²) in [5.74, 6) is 0. The summed E-state index contributed by atoms with van der Waals surface area (Å²) in [5.41, 5.74) is 3.34. The smallest absolute Gasteiger partial charge is 0.262 e. The van der Waals surface area contributed by atoms with E-state index in [-0.39, 0.29) is 12.2 Å². The van der Waals surface area contributed by atoms with Crippen LogP contribution in [0.2, 0.25) is 0 Å². The quantitative estimate of drug-likeness (QED) is 0.673. The molecule has 4 rings (SSSR count). The average Bonchev–Trinajstić information content (AvgIpc) is 3.27. The number of rotatable bonds is 6. The van der Waals surface area contributed by atoms with Gasteiger partial charge in [0.2, 0.25) is 0 Å². The second kappa shape index (κ2) is 8.13. The molecular formula is C23H30N4O2. The van der Waals surface area contributed by atoms with Crippen LogP contribution in [0.15, 0.2) is 29.1 Å². The van der Waals surface area contributed by atoms with Gasteiger partial charge in [-0.05, 0) is 51.3 Å². The first kappa shape index (κ1) is 19.9. The van der Waals surface area contributed by atoms with Gasteiger partial charge in [0.05, 0.1) is 16.6 Å². The van der Waals surface area contributed by atoms with Gasteiger partial charge < -0.3 is 9.67 Å². The van der Waals surface area contributed by atoms with Gasteiger partial charge in [-0.15, -0.1) is 0 Å². The number of aryl methyl sites for hydroxylation is 1. The number of aromatic amines is 1. The van der Waals surface area contributed by atoms with Crippen LogP contribution in [-0.2, 0) is 13.0 Å². The van der Waals surface area contributed by atoms with Crippen LogP contribution in [0.1, 0.15) is 44.9 Å². The first-order valence-corrected chi connectivity index (χ1v) is 10.6. The summed E-state index contributed by atoms with van der Waals surface area (Å²) < 4.78 is 1.79. The highest BCUT2D eigenvalue weighted by Gasteiger charge is 2.25. The van der Waals surface area contributed by atoms with E-state index in [4.69, 9.17) is 0 Å². The first-order valence-electron chi connectivity index (χ1n) is 10.6. The Morgan fingerprint density at radius 1 is 1.28 bits per heavy atom. The summed E-state index contributed by atoms with van der Waals surface area (Å²) in [6, 6.07) is 7.47. The third kappa shape index (κ3) is 3.51. The average molecular weight is 395 g/mol. The molecule has 1 aliphatic rings. The monoisotopic (exact) mass is 394 g/mol. The van der Waals surface area contributed by atoms with E-state index in [2.05, 4.69) is 53.2 Å². The fourth-order valence-electron chi connectivity index (χ4n) is 4.66. The van der Waals surface area contributed by atoms with Gasteiger partial charge >= 0.3 is 0 Å². The number of aliphatic hydroxyl groups excluding tert-OH is 1. The van der Waals surface area contributed by atoms with Crippen molar-refractivity contribution in [2.45, 2.75) is 58.7 Å². The van der Waals surface area contributed by atoms with E-state index < -0.39 is 0 Å². The predicted octanol–water partition coefficient (Wildman–Crippen LogP) is 3.32. The van der Waals surface area contributed by atoms with E-state index in [0.717, 1.165) is 23.0 Å². The molecule has 3 aromatic rings. The van der Waals surface area contributed by atoms with Gasteiger partial charge in [-0.2, -0.15) is 5.10 Å². The zero-order valence-electron chi connectivity index (χ0n) is 17.5. The zero-order chi connectivity index (χ0) is 20.5. The van der Waals surface area contributed by atoms with Crippen molar-refractivity contribution in [3.63, 3.8) is 0 Å². The van der Waals surface area contributed by atoms with Crippen LogP contribution in [0.3, 0.4) is 0 Å². The predicted molar refractivity (Wildman–Crippen MR) is 118 cm³/mol. The molecule has 1 aromatic carbocycles. The summed E-state index contributed by atoms with van der Waals surface area (Å²) in [5, 5.41) is 18.3. The van der Waals surface area contributed by atoms with Crippen molar-refractivity contribution in [1.29, 1.82) is 0 Å². The molecule has 3 heterocycles. The highest BCUT2D eigenvalue weighted by molar-refractivity contribution is 6.04. The molecule has 6 nitrogen and oxygen atoms in total. The molecule has 0 saturated carbocycles. The van der Waals surface area contributed by atoms with Crippen molar-refractivity contribution < 1.29 is 5.11 Å². The van der Waals surface area contributed by atoms with E-state index in [1.54, 1.807) is 4.57 Å². The SMILES string of the molecule is CCn1c(=O)c2c(CCO)[nH]nc2c2cc(/C=C/CN3[C@H](C)CC[C@H]3C)ccc21. The number of hydrogen-bond acceptors (Lipinski definition) is 4. The lowest BCUT2D eigenvalue weighted by molar-refractivity contribution is 0.239. The zero-order valence-corrected chi connectivity index (χ0v) is 17.5. The molecule has 0 aliphatic carbocycles. The van der Waals surface area contributed by atoms with Gasteiger partial charge in [0.1, 0.15) is 5.52 Å². The van der Waals surface area contributed by atoms with E-state index in [9.17, 15) is 9.90 Å². The topological polar surface area (TPSA) is 74.1 Å². The summed E-state index contributed by atoms with van der Waals surface area (Å²) in [6.45, 7) is 8.11. The number of pyridine rings is 1. The Morgan fingerprint density at radius 2 is 2.03 bits per heavy atom. The highest BCUT2D eigenvalue weighted by Crippen LogP contribution is 2.26. The minimum atomic E-state index is -0.0486. The van der Waals surface area contributed by atoms with Crippen LogP contribution in [0.5, 0.6) is 0 Å². The third-order valence-electron chi connectivity index (χ3n) is 6.31. The molecule has 6 heteroatoms. The fourth-order valence-corrected chi connectivity index (χ4v) is 4.66. The van der Waals surface area contributed by atoms with Crippen LogP contribution in [0.4, 0.5) is 0 Å². The molecule has 29 heavy (non-hydrogen) atoms. The Morgan fingerprint density at radius 3 is 2.72 bits per heavy atom. The summed E-state index contributed by atoms with van der Waals surface area (Å²) in [7, 11) is 0. The van der Waals surface area contributed by atoms with E-state index in [1.807, 2.05) is 13.0 Å². The number of benzene rings is 1. The minimum Gasteiger partial charge on any atom is -0.396 e. The van der Waals surface area contributed by atoms with Crippen molar-refractivity contribution in [3.05, 3.63) is 45.9 Å². The van der Waals surface area contributed by atoms with Gasteiger partial charge in [0.15, 0.2) is 0 Å². The summed E-state index contributed by atoms with van der Waals surface area (Å²) in [6.07, 6.45) is 7.33. The fraction of sp³-hybridized carbons (Fsp3) is 0.478. The number of hydrogen-bond donors (Lipinski definition) is 2. The number of likely N-dealkylation sites (tertiary alicyclic amines) is 1. The molecule has 0 bridgehead atoms. The molecule has 0 amide bonds. The van der Waals surface area contributed by atoms with Crippen LogP contribution in [-0.4, -0.2) is 50.0 Å². The second-order valence-corrected chi connectivity index (χ2v) is 8.10. The standard InChI is InChI=1S/C23H30N4O2/c1-4-26-20-10-9-17(6-5-12-27-15(2)7-8-16(27)3)14-18(20)22-21(23(26)29)19(11-13-28)24-25-22/h5-6,9-10,14-16,28H,4,7-8,11-13H2,1-3H3,(H,24,25)/b6-5+/t15-,16-/m1/s1. The van der Waals surface area contributed by atoms with Crippen molar-refractivity contribution in [2.24, 2.45) is 0 Å². The van der Waals surface area contributed by atoms with E-state index in [1.165, 1.54) is 12.8 Å². The second-order valence-electron chi connectivity index (χ2n) is 8.10. The number of H-pyrrole nitrogens is 1. The van der Waals surface area contributed by atoms with Crippen LogP contribution in [0.25, 0.3) is 27.9 Å². The van der Waals surface area contributed by atoms with Gasteiger partial charge in [0.25, 0.3) is 5.56 Å². The van der Waals surface area contributed by atoms with Gasteiger partial charge in [-0.3, -0.25) is 14.8 Å². The number of fused-ring (bicyclic) bond motifs is 3. The Kier molecular flexibility index (Phi) is 5.56. The molecule has 2 aromatic heterocycles. The molecule has 2 atom stereocenters. The molecule has 0 radical (unpaired) electrons. The highest BCUT2D eigenvalue weighted by atomic mass is 16.3. The minimum absolute atomic E-state index is 0.0168. The van der Waals surface area contributed by atoms with Gasteiger partial charge in [0, 0.05) is 43.6 Å². The van der Waals surface area contributed by atoms with Crippen LogP contribution >= 0.6 is 0 Å². The molecule has 154 valence electrons. The maximum atomic E-state index is 13.0. The van der Waals surface area contributed by atoms with Crippen molar-refractivity contribution in [2.75, 3.05) is 13.2 Å². The van der Waals surface area contributed by atoms with E-state index >= 15 is 0 Å². The lowest BCUT2D eigenvalue weighted by Crippen LogP contribution is -2.32. The number of nitrogens with zero attached hydrogens (tertiary/aromatic N) is 3. The first-order chi connectivity index (χ1) is 14.0. The maximum absolute atomic E-state index is 13.0. The maximum Gasteiger partial charge on any atom is 0.262 e. The molecule has 1 aliphatic heterocycles. The largest absolute Gasteiger partial charge is 0.396 e. The Bertz CT molecular complexity index is 1100. The van der Waals surface area contributed by atoms with Gasteiger partial charge in [-0.1, -0.05) is 18.2 Å². The normalized spacial score (nSPS) is 20.6. The third-order valence-corrected chi connectivity index (χ3v) is 6.31.